The summed E-state index contributed by atoms with van der Waals surface area (Å²) in [5.74, 6) is 0.380. The molecule has 4 fully saturated rings. The van der Waals surface area contributed by atoms with Crippen LogP contribution in [0.15, 0.2) is 18.2 Å². The molecule has 6 nitrogen and oxygen atoms in total. The van der Waals surface area contributed by atoms with Gasteiger partial charge in [0.1, 0.15) is 12.1 Å². The van der Waals surface area contributed by atoms with Crippen molar-refractivity contribution in [3.8, 4) is 0 Å². The van der Waals surface area contributed by atoms with Crippen LogP contribution in [0, 0.1) is 26.7 Å². The van der Waals surface area contributed by atoms with E-state index in [1.807, 2.05) is 0 Å². The fraction of sp³-hybridized carbons (Fsp3) is 0.708. The zero-order chi connectivity index (χ0) is 22.3. The Kier molecular flexibility index (Phi) is 5.26. The molecule has 170 valence electrons. The quantitative estimate of drug-likeness (QED) is 0.503. The number of fused-ring (bicyclic) bond motifs is 2. The lowest BCUT2D eigenvalue weighted by Crippen LogP contribution is -2.70. The molecule has 0 aromatic heterocycles. The predicted octanol–water partition coefficient (Wildman–Crippen LogP) is 2.59. The van der Waals surface area contributed by atoms with E-state index in [2.05, 4.69) is 66.9 Å². The molecule has 3 saturated carbocycles. The first-order valence-corrected chi connectivity index (χ1v) is 12.5. The molecule has 1 aromatic rings. The normalized spacial score (nSPS) is 42.1. The van der Waals surface area contributed by atoms with Gasteiger partial charge >= 0.3 is 0 Å². The van der Waals surface area contributed by atoms with Gasteiger partial charge in [0.05, 0.1) is 19.3 Å². The van der Waals surface area contributed by atoms with Crippen molar-refractivity contribution in [2.75, 3.05) is 6.61 Å². The number of nitrogens with one attached hydrogen (secondary N) is 1. The maximum absolute atomic E-state index is 13.6. The second-order valence-corrected chi connectivity index (χ2v) is 12.0. The van der Waals surface area contributed by atoms with Crippen molar-refractivity contribution in [3.05, 3.63) is 32.9 Å². The second kappa shape index (κ2) is 7.38. The summed E-state index contributed by atoms with van der Waals surface area (Å²) >= 11 is 2.34. The molecule has 1 amide bonds. The fourth-order valence-electron chi connectivity index (χ4n) is 7.37. The molecule has 8 atom stereocenters. The number of amides is 1. The minimum absolute atomic E-state index is 0.0361. The number of nitrogens with zero attached hydrogens (tertiary/aromatic N) is 1. The topological polar surface area (TPSA) is 82.0 Å². The van der Waals surface area contributed by atoms with Gasteiger partial charge in [0.25, 0.3) is 0 Å². The summed E-state index contributed by atoms with van der Waals surface area (Å²) in [6.45, 7) is 8.97. The Bertz CT molecular complexity index is 906. The largest absolute Gasteiger partial charge is 0.394 e. The van der Waals surface area contributed by atoms with Gasteiger partial charge in [-0.05, 0) is 82.9 Å². The summed E-state index contributed by atoms with van der Waals surface area (Å²) in [6, 6.07) is 6.15. The predicted molar refractivity (Wildman–Crippen MR) is 125 cm³/mol. The summed E-state index contributed by atoms with van der Waals surface area (Å²) in [5.41, 5.74) is 2.75. The summed E-state index contributed by atoms with van der Waals surface area (Å²) in [4.78, 5) is 19.7. The van der Waals surface area contributed by atoms with Crippen LogP contribution < -0.4 is 5.32 Å². The maximum atomic E-state index is 13.6. The number of aliphatic hydroxyl groups excluding tert-OH is 2. The summed E-state index contributed by atoms with van der Waals surface area (Å²) < 4.78 is 1.16. The molecule has 3 bridgehead atoms. The zero-order valence-electron chi connectivity index (χ0n) is 18.6. The van der Waals surface area contributed by atoms with Crippen LogP contribution in [-0.4, -0.2) is 52.1 Å². The van der Waals surface area contributed by atoms with Crippen molar-refractivity contribution >= 4 is 28.5 Å². The second-order valence-electron chi connectivity index (χ2n) is 10.8. The molecule has 2 heterocycles. The Morgan fingerprint density at radius 1 is 1.35 bits per heavy atom. The van der Waals surface area contributed by atoms with Crippen LogP contribution in [-0.2, 0) is 21.6 Å². The van der Waals surface area contributed by atoms with E-state index in [1.54, 1.807) is 12.0 Å². The van der Waals surface area contributed by atoms with Crippen LogP contribution in [0.3, 0.4) is 0 Å². The molecule has 1 saturated heterocycles. The van der Waals surface area contributed by atoms with Gasteiger partial charge < -0.3 is 15.5 Å². The van der Waals surface area contributed by atoms with Gasteiger partial charge in [-0.2, -0.15) is 5.06 Å². The highest BCUT2D eigenvalue weighted by Crippen LogP contribution is 2.70. The third-order valence-electron chi connectivity index (χ3n) is 9.18. The average molecular weight is 540 g/mol. The lowest BCUT2D eigenvalue weighted by molar-refractivity contribution is -0.187. The number of halogens is 1. The Morgan fingerprint density at radius 2 is 2.10 bits per heavy atom. The number of hydroxylamine groups is 2. The van der Waals surface area contributed by atoms with Gasteiger partial charge in [-0.15, -0.1) is 0 Å². The highest BCUT2D eigenvalue weighted by Gasteiger charge is 2.67. The SMILES string of the molecule is CC1C2C[C@]3(C[C@H]1C3(C)C)c1ccc(I)cc1CN1OC(CO)[C@@H]([C@H](C)O)[C@H]1C(=O)N2. The molecular formula is C24H33IN2O4. The Hall–Kier alpha value is -0.740. The van der Waals surface area contributed by atoms with E-state index in [0.717, 1.165) is 16.4 Å². The van der Waals surface area contributed by atoms with E-state index in [9.17, 15) is 15.0 Å². The van der Waals surface area contributed by atoms with Crippen LogP contribution >= 0.6 is 22.6 Å². The van der Waals surface area contributed by atoms with Crippen molar-refractivity contribution < 1.29 is 19.8 Å². The number of aliphatic hydroxyl groups is 2. The molecule has 7 heteroatoms. The summed E-state index contributed by atoms with van der Waals surface area (Å²) in [6.07, 6.45) is 0.732. The number of hydrogen-bond acceptors (Lipinski definition) is 5. The molecule has 31 heavy (non-hydrogen) atoms. The van der Waals surface area contributed by atoms with Crippen LogP contribution in [0.1, 0.15) is 51.7 Å². The van der Waals surface area contributed by atoms with Gasteiger partial charge in [-0.1, -0.05) is 26.8 Å². The van der Waals surface area contributed by atoms with Crippen LogP contribution in [0.25, 0.3) is 0 Å². The highest BCUT2D eigenvalue weighted by atomic mass is 127. The zero-order valence-corrected chi connectivity index (χ0v) is 20.8. The molecule has 1 aromatic carbocycles. The third kappa shape index (κ3) is 2.99. The highest BCUT2D eigenvalue weighted by molar-refractivity contribution is 14.1. The Labute approximate surface area is 197 Å². The standard InChI is InChI=1S/C24H33IN2O4/c1-12-17-8-24(23(17,3)4)9-18(12)26-22(30)21-20(13(2)29)19(11-28)31-27(21)10-14-7-15(25)5-6-16(14)24/h5-7,12-13,17-21,28-29H,8-11H2,1-4H3,(H,26,30)/t12?,13-,17+,18?,19?,20+,21-,24+/m0/s1. The van der Waals surface area contributed by atoms with E-state index in [4.69, 9.17) is 4.84 Å². The van der Waals surface area contributed by atoms with E-state index in [0.29, 0.717) is 18.4 Å². The molecule has 1 spiro atoms. The Morgan fingerprint density at radius 3 is 2.74 bits per heavy atom. The summed E-state index contributed by atoms with van der Waals surface area (Å²) in [5, 5.41) is 25.5. The van der Waals surface area contributed by atoms with E-state index < -0.39 is 24.2 Å². The molecule has 3 aliphatic carbocycles. The average Bonchev–Trinajstić information content (AvgIpc) is 3.07. The van der Waals surface area contributed by atoms with Crippen molar-refractivity contribution in [2.24, 2.45) is 23.2 Å². The number of carbonyl (C=O) groups excluding carboxylic acids is 1. The maximum Gasteiger partial charge on any atom is 0.240 e. The minimum Gasteiger partial charge on any atom is -0.394 e. The van der Waals surface area contributed by atoms with Gasteiger partial charge in [-0.3, -0.25) is 9.63 Å². The van der Waals surface area contributed by atoms with Gasteiger partial charge in [0, 0.05) is 20.9 Å². The smallest absolute Gasteiger partial charge is 0.240 e. The molecular weight excluding hydrogens is 507 g/mol. The van der Waals surface area contributed by atoms with Crippen molar-refractivity contribution in [1.29, 1.82) is 0 Å². The van der Waals surface area contributed by atoms with Gasteiger partial charge in [0.15, 0.2) is 0 Å². The van der Waals surface area contributed by atoms with Crippen molar-refractivity contribution in [1.82, 2.24) is 10.4 Å². The van der Waals surface area contributed by atoms with E-state index in [1.165, 1.54) is 11.1 Å². The third-order valence-corrected chi connectivity index (χ3v) is 9.85. The first-order valence-electron chi connectivity index (χ1n) is 11.4. The fourth-order valence-corrected chi connectivity index (χ4v) is 7.93. The molecule has 6 rings (SSSR count). The van der Waals surface area contributed by atoms with Crippen molar-refractivity contribution in [2.45, 2.75) is 76.8 Å². The van der Waals surface area contributed by atoms with Crippen molar-refractivity contribution in [3.63, 3.8) is 0 Å². The first kappa shape index (κ1) is 22.1. The van der Waals surface area contributed by atoms with E-state index >= 15 is 0 Å². The molecule has 2 aliphatic heterocycles. The van der Waals surface area contributed by atoms with Gasteiger partial charge in [-0.25, -0.2) is 0 Å². The minimum atomic E-state index is -0.765. The lowest BCUT2D eigenvalue weighted by atomic mass is 9.35. The molecule has 3 N–H and O–H groups in total. The monoisotopic (exact) mass is 540 g/mol. The first-order chi connectivity index (χ1) is 14.6. The Balaban J connectivity index is 1.65. The number of rotatable bonds is 2. The molecule has 3 unspecified atom stereocenters. The van der Waals surface area contributed by atoms with Gasteiger partial charge in [0.2, 0.25) is 5.91 Å². The van der Waals surface area contributed by atoms with Crippen LogP contribution in [0.2, 0.25) is 0 Å². The molecule has 5 aliphatic rings. The molecule has 0 radical (unpaired) electrons. The van der Waals surface area contributed by atoms with Crippen LogP contribution in [0.5, 0.6) is 0 Å². The number of hydrogen-bond donors (Lipinski definition) is 3. The lowest BCUT2D eigenvalue weighted by Gasteiger charge is -2.70. The number of carbonyl (C=O) groups is 1. The summed E-state index contributed by atoms with van der Waals surface area (Å²) in [7, 11) is 0. The van der Waals surface area contributed by atoms with Crippen LogP contribution in [0.4, 0.5) is 0 Å². The number of benzene rings is 1. The van der Waals surface area contributed by atoms with E-state index in [-0.39, 0.29) is 29.4 Å².